The first kappa shape index (κ1) is 16.7. The zero-order chi connectivity index (χ0) is 17.6. The van der Waals surface area contributed by atoms with Gasteiger partial charge in [0.15, 0.2) is 5.78 Å². The minimum Gasteiger partial charge on any atom is -0.462 e. The summed E-state index contributed by atoms with van der Waals surface area (Å²) in [5.41, 5.74) is 1.27. The highest BCUT2D eigenvalue weighted by molar-refractivity contribution is 6.27. The van der Waals surface area contributed by atoms with Crippen LogP contribution in [0.4, 0.5) is 0 Å². The van der Waals surface area contributed by atoms with Gasteiger partial charge in [-0.15, -0.1) is 0 Å². The van der Waals surface area contributed by atoms with Crippen molar-refractivity contribution in [3.05, 3.63) is 89.5 Å². The Labute approximate surface area is 146 Å². The number of hydrogen-bond donors (Lipinski definition) is 0. The zero-order valence-corrected chi connectivity index (χ0v) is 13.9. The Hall–Kier alpha value is -3.20. The summed E-state index contributed by atoms with van der Waals surface area (Å²) in [5.74, 6) is -0.947. The molecule has 0 aromatic heterocycles. The van der Waals surface area contributed by atoms with Crippen LogP contribution in [0.5, 0.6) is 0 Å². The van der Waals surface area contributed by atoms with Crippen molar-refractivity contribution >= 4 is 28.6 Å². The van der Waals surface area contributed by atoms with E-state index in [0.29, 0.717) is 5.56 Å². The summed E-state index contributed by atoms with van der Waals surface area (Å²) >= 11 is 0. The largest absolute Gasteiger partial charge is 0.462 e. The van der Waals surface area contributed by atoms with Crippen LogP contribution in [0.25, 0.3) is 16.8 Å². The van der Waals surface area contributed by atoms with Crippen molar-refractivity contribution in [1.29, 1.82) is 0 Å². The van der Waals surface area contributed by atoms with Gasteiger partial charge in [0.2, 0.25) is 0 Å². The van der Waals surface area contributed by atoms with E-state index in [2.05, 4.69) is 0 Å². The van der Waals surface area contributed by atoms with Crippen molar-refractivity contribution in [2.45, 2.75) is 6.92 Å². The average Bonchev–Trinajstić information content (AvgIpc) is 2.66. The van der Waals surface area contributed by atoms with E-state index in [4.69, 9.17) is 4.74 Å². The van der Waals surface area contributed by atoms with Crippen LogP contribution in [0.1, 0.15) is 22.8 Å². The first-order chi connectivity index (χ1) is 12.2. The summed E-state index contributed by atoms with van der Waals surface area (Å²) in [6, 6.07) is 22.5. The monoisotopic (exact) mass is 330 g/mol. The fourth-order valence-electron chi connectivity index (χ4n) is 2.63. The lowest BCUT2D eigenvalue weighted by Crippen LogP contribution is -2.16. The number of ketones is 1. The number of carbonyl (C=O) groups is 2. The highest BCUT2D eigenvalue weighted by Gasteiger charge is 2.21. The average molecular weight is 330 g/mol. The molecule has 3 heteroatoms. The predicted octanol–water partition coefficient (Wildman–Crippen LogP) is 4.67. The number of carbonyl (C=O) groups excluding carboxylic acids is 2. The van der Waals surface area contributed by atoms with Crippen LogP contribution >= 0.6 is 0 Å². The first-order valence-electron chi connectivity index (χ1n) is 8.16. The molecule has 0 spiro atoms. The third-order valence-electron chi connectivity index (χ3n) is 3.86. The molecular weight excluding hydrogens is 312 g/mol. The van der Waals surface area contributed by atoms with Gasteiger partial charge in [0, 0.05) is 5.56 Å². The molecule has 25 heavy (non-hydrogen) atoms. The Kier molecular flexibility index (Phi) is 5.05. The van der Waals surface area contributed by atoms with Crippen LogP contribution < -0.4 is 0 Å². The Bertz CT molecular complexity index is 940. The Balaban J connectivity index is 2.03. The fourth-order valence-corrected chi connectivity index (χ4v) is 2.63. The van der Waals surface area contributed by atoms with Gasteiger partial charge in [-0.3, -0.25) is 4.79 Å². The summed E-state index contributed by atoms with van der Waals surface area (Å²) in [4.78, 5) is 25.3. The van der Waals surface area contributed by atoms with Gasteiger partial charge in [0.05, 0.1) is 6.61 Å². The summed E-state index contributed by atoms with van der Waals surface area (Å²) in [5, 5.41) is 2.00. The predicted molar refractivity (Wildman–Crippen MR) is 99.3 cm³/mol. The van der Waals surface area contributed by atoms with E-state index in [-0.39, 0.29) is 18.0 Å². The molecule has 3 rings (SSSR count). The number of benzene rings is 3. The number of hydrogen-bond acceptors (Lipinski definition) is 3. The molecule has 0 aliphatic carbocycles. The van der Waals surface area contributed by atoms with Crippen LogP contribution in [-0.4, -0.2) is 18.4 Å². The maximum atomic E-state index is 12.9. The molecule has 0 atom stereocenters. The third kappa shape index (κ3) is 3.83. The van der Waals surface area contributed by atoms with Crippen LogP contribution in [0.15, 0.2) is 78.4 Å². The van der Waals surface area contributed by atoms with Crippen molar-refractivity contribution in [2.24, 2.45) is 0 Å². The van der Waals surface area contributed by atoms with E-state index in [9.17, 15) is 9.59 Å². The fraction of sp³-hybridized carbons (Fsp3) is 0.0909. The van der Waals surface area contributed by atoms with Gasteiger partial charge in [-0.25, -0.2) is 4.79 Å². The maximum Gasteiger partial charge on any atom is 0.342 e. The highest BCUT2D eigenvalue weighted by atomic mass is 16.5. The number of fused-ring (bicyclic) bond motifs is 1. The number of rotatable bonds is 5. The minimum absolute atomic E-state index is 0.0309. The van der Waals surface area contributed by atoms with Crippen LogP contribution in [0, 0.1) is 0 Å². The Morgan fingerprint density at radius 3 is 2.28 bits per heavy atom. The lowest BCUT2D eigenvalue weighted by atomic mass is 9.98. The van der Waals surface area contributed by atoms with E-state index in [1.165, 1.54) is 0 Å². The lowest BCUT2D eigenvalue weighted by molar-refractivity contribution is -0.137. The van der Waals surface area contributed by atoms with Gasteiger partial charge in [-0.1, -0.05) is 66.7 Å². The molecular formula is C22H18O3. The quantitative estimate of drug-likeness (QED) is 0.224. The molecule has 0 N–H and O–H groups in total. The van der Waals surface area contributed by atoms with Gasteiger partial charge >= 0.3 is 5.97 Å². The van der Waals surface area contributed by atoms with E-state index < -0.39 is 5.97 Å². The molecule has 0 saturated heterocycles. The SMILES string of the molecule is CCOC(=O)C(=Cc1ccccc1)C(=O)c1ccc2ccccc2c1. The van der Waals surface area contributed by atoms with Crippen LogP contribution in [0.2, 0.25) is 0 Å². The number of Topliss-reactive ketones (excluding diaryl/α,β-unsaturated/α-hetero) is 1. The molecule has 0 heterocycles. The van der Waals surface area contributed by atoms with Crippen molar-refractivity contribution in [2.75, 3.05) is 6.61 Å². The molecule has 0 saturated carbocycles. The van der Waals surface area contributed by atoms with Gasteiger partial charge in [0.25, 0.3) is 0 Å². The van der Waals surface area contributed by atoms with Crippen LogP contribution in [0.3, 0.4) is 0 Å². The van der Waals surface area contributed by atoms with Gasteiger partial charge in [-0.05, 0) is 35.4 Å². The molecule has 0 aliphatic rings. The number of esters is 1. The van der Waals surface area contributed by atoms with E-state index in [1.807, 2.05) is 60.7 Å². The van der Waals surface area contributed by atoms with E-state index in [0.717, 1.165) is 16.3 Å². The second-order valence-electron chi connectivity index (χ2n) is 5.58. The molecule has 0 bridgehead atoms. The van der Waals surface area contributed by atoms with E-state index in [1.54, 1.807) is 25.1 Å². The summed E-state index contributed by atoms with van der Waals surface area (Å²) in [6.45, 7) is 1.94. The van der Waals surface area contributed by atoms with E-state index >= 15 is 0 Å². The van der Waals surface area contributed by atoms with Crippen molar-refractivity contribution in [1.82, 2.24) is 0 Å². The first-order valence-corrected chi connectivity index (χ1v) is 8.16. The zero-order valence-electron chi connectivity index (χ0n) is 13.9. The lowest BCUT2D eigenvalue weighted by Gasteiger charge is -2.08. The van der Waals surface area contributed by atoms with Crippen molar-refractivity contribution in [3.63, 3.8) is 0 Å². The van der Waals surface area contributed by atoms with Crippen molar-refractivity contribution < 1.29 is 14.3 Å². The smallest absolute Gasteiger partial charge is 0.342 e. The summed E-state index contributed by atoms with van der Waals surface area (Å²) < 4.78 is 5.08. The molecule has 0 aliphatic heterocycles. The maximum absolute atomic E-state index is 12.9. The van der Waals surface area contributed by atoms with Gasteiger partial charge in [0.1, 0.15) is 5.57 Å². The minimum atomic E-state index is -0.607. The number of ether oxygens (including phenoxy) is 1. The molecule has 124 valence electrons. The molecule has 0 radical (unpaired) electrons. The van der Waals surface area contributed by atoms with Gasteiger partial charge in [-0.2, -0.15) is 0 Å². The summed E-state index contributed by atoms with van der Waals surface area (Å²) in [6.07, 6.45) is 1.58. The van der Waals surface area contributed by atoms with Crippen molar-refractivity contribution in [3.8, 4) is 0 Å². The Morgan fingerprint density at radius 1 is 0.880 bits per heavy atom. The second kappa shape index (κ2) is 7.58. The topological polar surface area (TPSA) is 43.4 Å². The highest BCUT2D eigenvalue weighted by Crippen LogP contribution is 2.20. The standard InChI is InChI=1S/C22H18O3/c1-2-25-22(24)20(14-16-8-4-3-5-9-16)21(23)19-13-12-17-10-6-7-11-18(17)15-19/h3-15H,2H2,1H3. The third-order valence-corrected chi connectivity index (χ3v) is 3.86. The normalized spacial score (nSPS) is 11.3. The van der Waals surface area contributed by atoms with Gasteiger partial charge < -0.3 is 4.74 Å². The second-order valence-corrected chi connectivity index (χ2v) is 5.58. The molecule has 0 fully saturated rings. The van der Waals surface area contributed by atoms with Crippen LogP contribution in [-0.2, 0) is 9.53 Å². The summed E-state index contributed by atoms with van der Waals surface area (Å²) in [7, 11) is 0. The molecule has 0 amide bonds. The molecule has 3 aromatic carbocycles. The molecule has 3 nitrogen and oxygen atoms in total. The Morgan fingerprint density at radius 2 is 1.56 bits per heavy atom. The molecule has 3 aromatic rings. The molecule has 0 unspecified atom stereocenters.